The van der Waals surface area contributed by atoms with E-state index < -0.39 is 0 Å². The van der Waals surface area contributed by atoms with Crippen LogP contribution in [0.25, 0.3) is 10.9 Å². The van der Waals surface area contributed by atoms with Gasteiger partial charge in [-0.3, -0.25) is 0 Å². The maximum atomic E-state index is 9.16. The van der Waals surface area contributed by atoms with Crippen molar-refractivity contribution in [3.63, 3.8) is 0 Å². The number of aliphatic hydroxyl groups is 1. The molecular formula is C16H21NO. The monoisotopic (exact) mass is 243 g/mol. The molecule has 1 aliphatic carbocycles. The predicted octanol–water partition coefficient (Wildman–Crippen LogP) is 3.71. The summed E-state index contributed by atoms with van der Waals surface area (Å²) in [7, 11) is 0. The molecule has 2 aromatic rings. The number of benzene rings is 1. The lowest BCUT2D eigenvalue weighted by molar-refractivity contribution is 0.282. The molecule has 0 atom stereocenters. The van der Waals surface area contributed by atoms with Crippen LogP contribution in [0.4, 0.5) is 0 Å². The first-order chi connectivity index (χ1) is 8.86. The first kappa shape index (κ1) is 11.8. The maximum absolute atomic E-state index is 9.16. The summed E-state index contributed by atoms with van der Waals surface area (Å²) in [5.41, 5.74) is 2.30. The third-order valence-electron chi connectivity index (χ3n) is 4.20. The molecule has 1 aromatic heterocycles. The summed E-state index contributed by atoms with van der Waals surface area (Å²) in [6.07, 6.45) is 9.18. The van der Waals surface area contributed by atoms with E-state index in [2.05, 4.69) is 29.0 Å². The van der Waals surface area contributed by atoms with Gasteiger partial charge in [-0.05, 0) is 47.9 Å². The molecule has 0 spiro atoms. The highest BCUT2D eigenvalue weighted by molar-refractivity contribution is 5.80. The van der Waals surface area contributed by atoms with Crippen LogP contribution in [0.1, 0.15) is 37.7 Å². The van der Waals surface area contributed by atoms with E-state index in [1.165, 1.54) is 43.0 Å². The molecule has 2 nitrogen and oxygen atoms in total. The highest BCUT2D eigenvalue weighted by Gasteiger charge is 2.14. The van der Waals surface area contributed by atoms with Crippen LogP contribution in [0.3, 0.4) is 0 Å². The minimum absolute atomic E-state index is 0.129. The number of rotatable bonds is 3. The third kappa shape index (κ3) is 2.30. The minimum Gasteiger partial charge on any atom is -0.392 e. The summed E-state index contributed by atoms with van der Waals surface area (Å²) in [5.74, 6) is 0.854. The van der Waals surface area contributed by atoms with Gasteiger partial charge in [0.25, 0.3) is 0 Å². The van der Waals surface area contributed by atoms with E-state index >= 15 is 0 Å². The van der Waals surface area contributed by atoms with E-state index in [9.17, 15) is 0 Å². The van der Waals surface area contributed by atoms with Crippen molar-refractivity contribution in [3.05, 3.63) is 36.0 Å². The van der Waals surface area contributed by atoms with E-state index in [0.717, 1.165) is 18.0 Å². The highest BCUT2D eigenvalue weighted by atomic mass is 16.3. The fourth-order valence-electron chi connectivity index (χ4n) is 3.16. The molecule has 96 valence electrons. The van der Waals surface area contributed by atoms with Crippen molar-refractivity contribution in [3.8, 4) is 0 Å². The smallest absolute Gasteiger partial charge is 0.0682 e. The van der Waals surface area contributed by atoms with Gasteiger partial charge in [-0.2, -0.15) is 0 Å². The Kier molecular flexibility index (Phi) is 3.37. The van der Waals surface area contributed by atoms with E-state index in [0.29, 0.717) is 0 Å². The molecule has 0 aliphatic heterocycles. The van der Waals surface area contributed by atoms with Crippen LogP contribution in [-0.2, 0) is 13.2 Å². The predicted molar refractivity (Wildman–Crippen MR) is 74.4 cm³/mol. The lowest BCUT2D eigenvalue weighted by Crippen LogP contribution is -2.13. The number of aliphatic hydroxyl groups excluding tert-OH is 1. The van der Waals surface area contributed by atoms with Crippen molar-refractivity contribution < 1.29 is 5.11 Å². The van der Waals surface area contributed by atoms with Gasteiger partial charge in [0.05, 0.1) is 6.61 Å². The van der Waals surface area contributed by atoms with Gasteiger partial charge in [-0.15, -0.1) is 0 Å². The Bertz CT molecular complexity index is 523. The van der Waals surface area contributed by atoms with Crippen LogP contribution in [-0.4, -0.2) is 9.67 Å². The molecule has 1 aliphatic rings. The number of aromatic nitrogens is 1. The van der Waals surface area contributed by atoms with Crippen LogP contribution in [0, 0.1) is 5.92 Å². The topological polar surface area (TPSA) is 25.2 Å². The molecule has 0 saturated heterocycles. The van der Waals surface area contributed by atoms with Crippen molar-refractivity contribution in [2.75, 3.05) is 0 Å². The molecular weight excluding hydrogens is 222 g/mol. The summed E-state index contributed by atoms with van der Waals surface area (Å²) < 4.78 is 2.38. The molecule has 0 amide bonds. The Morgan fingerprint density at radius 2 is 1.94 bits per heavy atom. The summed E-state index contributed by atoms with van der Waals surface area (Å²) in [4.78, 5) is 0. The fraction of sp³-hybridized carbons (Fsp3) is 0.500. The van der Waals surface area contributed by atoms with Crippen molar-refractivity contribution in [1.29, 1.82) is 0 Å². The number of hydrogen-bond donors (Lipinski definition) is 1. The van der Waals surface area contributed by atoms with E-state index in [4.69, 9.17) is 5.11 Å². The summed E-state index contributed by atoms with van der Waals surface area (Å²) >= 11 is 0. The van der Waals surface area contributed by atoms with Gasteiger partial charge in [-0.1, -0.05) is 25.3 Å². The fourth-order valence-corrected chi connectivity index (χ4v) is 3.16. The van der Waals surface area contributed by atoms with Crippen LogP contribution < -0.4 is 0 Å². The Hall–Kier alpha value is -1.28. The van der Waals surface area contributed by atoms with Gasteiger partial charge in [0.2, 0.25) is 0 Å². The van der Waals surface area contributed by atoms with Gasteiger partial charge in [0, 0.05) is 18.3 Å². The second-order valence-electron chi connectivity index (χ2n) is 5.52. The normalized spacial score (nSPS) is 17.4. The van der Waals surface area contributed by atoms with Crippen molar-refractivity contribution in [2.45, 2.75) is 45.3 Å². The largest absolute Gasteiger partial charge is 0.392 e. The van der Waals surface area contributed by atoms with Gasteiger partial charge < -0.3 is 9.67 Å². The average molecular weight is 243 g/mol. The van der Waals surface area contributed by atoms with Crippen molar-refractivity contribution in [1.82, 2.24) is 4.57 Å². The zero-order valence-electron chi connectivity index (χ0n) is 10.8. The Labute approximate surface area is 108 Å². The first-order valence-electron chi connectivity index (χ1n) is 7.05. The molecule has 1 N–H and O–H groups in total. The SMILES string of the molecule is OCc1ccc2c(ccn2CC2CCCCC2)c1. The molecule has 0 radical (unpaired) electrons. The number of fused-ring (bicyclic) bond motifs is 1. The van der Waals surface area contributed by atoms with E-state index in [1.54, 1.807) is 0 Å². The van der Waals surface area contributed by atoms with Gasteiger partial charge >= 0.3 is 0 Å². The second-order valence-corrected chi connectivity index (χ2v) is 5.52. The molecule has 18 heavy (non-hydrogen) atoms. The minimum atomic E-state index is 0.129. The molecule has 1 aromatic carbocycles. The summed E-state index contributed by atoms with van der Waals surface area (Å²) in [6.45, 7) is 1.28. The molecule has 1 saturated carbocycles. The number of nitrogens with zero attached hydrogens (tertiary/aromatic N) is 1. The lowest BCUT2D eigenvalue weighted by Gasteiger charge is -2.22. The second kappa shape index (κ2) is 5.15. The standard InChI is InChI=1S/C16H21NO/c18-12-14-6-7-16-15(10-14)8-9-17(16)11-13-4-2-1-3-5-13/h6-10,13,18H,1-5,11-12H2. The van der Waals surface area contributed by atoms with E-state index in [1.807, 2.05) is 6.07 Å². The molecule has 0 unspecified atom stereocenters. The highest BCUT2D eigenvalue weighted by Crippen LogP contribution is 2.27. The van der Waals surface area contributed by atoms with E-state index in [-0.39, 0.29) is 6.61 Å². The van der Waals surface area contributed by atoms with Gasteiger partial charge in [0.15, 0.2) is 0 Å². The van der Waals surface area contributed by atoms with Gasteiger partial charge in [-0.25, -0.2) is 0 Å². The maximum Gasteiger partial charge on any atom is 0.0682 e. The molecule has 3 rings (SSSR count). The quantitative estimate of drug-likeness (QED) is 0.873. The zero-order valence-corrected chi connectivity index (χ0v) is 10.8. The molecule has 1 fully saturated rings. The van der Waals surface area contributed by atoms with Crippen LogP contribution in [0.2, 0.25) is 0 Å². The lowest BCUT2D eigenvalue weighted by atomic mass is 9.89. The van der Waals surface area contributed by atoms with Crippen LogP contribution >= 0.6 is 0 Å². The summed E-state index contributed by atoms with van der Waals surface area (Å²) in [6, 6.07) is 8.42. The van der Waals surface area contributed by atoms with Crippen LogP contribution in [0.5, 0.6) is 0 Å². The van der Waals surface area contributed by atoms with Crippen molar-refractivity contribution >= 4 is 10.9 Å². The van der Waals surface area contributed by atoms with Crippen molar-refractivity contribution in [2.24, 2.45) is 5.92 Å². The average Bonchev–Trinajstić information content (AvgIpc) is 2.82. The van der Waals surface area contributed by atoms with Crippen LogP contribution in [0.15, 0.2) is 30.5 Å². The Morgan fingerprint density at radius 3 is 2.72 bits per heavy atom. The first-order valence-corrected chi connectivity index (χ1v) is 7.05. The number of hydrogen-bond acceptors (Lipinski definition) is 1. The van der Waals surface area contributed by atoms with Gasteiger partial charge in [0.1, 0.15) is 0 Å². The molecule has 1 heterocycles. The molecule has 0 bridgehead atoms. The summed E-state index contributed by atoms with van der Waals surface area (Å²) in [5, 5.41) is 10.4. The Morgan fingerprint density at radius 1 is 1.11 bits per heavy atom. The molecule has 2 heteroatoms. The zero-order chi connectivity index (χ0) is 12.4. The third-order valence-corrected chi connectivity index (χ3v) is 4.20. The Balaban J connectivity index is 1.83.